The molecule has 164 valence electrons. The van der Waals surface area contributed by atoms with E-state index >= 15 is 0 Å². The number of aryl methyl sites for hydroxylation is 2. The molecule has 0 spiro atoms. The van der Waals surface area contributed by atoms with Gasteiger partial charge in [0.1, 0.15) is 0 Å². The number of nitriles is 1. The van der Waals surface area contributed by atoms with Crippen molar-refractivity contribution >= 4 is 22.8 Å². The molecule has 0 radical (unpaired) electrons. The third kappa shape index (κ3) is 6.14. The molecule has 0 aliphatic carbocycles. The van der Waals surface area contributed by atoms with E-state index in [0.29, 0.717) is 11.8 Å². The van der Waals surface area contributed by atoms with E-state index < -0.39 is 0 Å². The van der Waals surface area contributed by atoms with E-state index in [1.54, 1.807) is 0 Å². The number of hydrogen-bond donors (Lipinski definition) is 0. The predicted octanol–water partition coefficient (Wildman–Crippen LogP) is 8.20. The van der Waals surface area contributed by atoms with Crippen LogP contribution in [0.2, 0.25) is 0 Å². The molecule has 0 unspecified atom stereocenters. The van der Waals surface area contributed by atoms with Gasteiger partial charge in [0.15, 0.2) is 0 Å². The minimum Gasteiger partial charge on any atom is -0.257 e. The van der Waals surface area contributed by atoms with E-state index in [0.717, 1.165) is 58.8 Å². The summed E-state index contributed by atoms with van der Waals surface area (Å²) in [6.07, 6.45) is 2.46. The summed E-state index contributed by atoms with van der Waals surface area (Å²) >= 11 is 0. The fraction of sp³-hybridized carbons (Fsp3) is 0.464. The Bertz CT molecular complexity index is 966. The van der Waals surface area contributed by atoms with Gasteiger partial charge in [0.2, 0.25) is 0 Å². The lowest BCUT2D eigenvalue weighted by molar-refractivity contribution is 0.834. The number of benzene rings is 2. The molecule has 0 bridgehead atoms. The van der Waals surface area contributed by atoms with Crippen LogP contribution in [-0.4, -0.2) is 11.4 Å². The predicted molar refractivity (Wildman–Crippen MR) is 135 cm³/mol. The van der Waals surface area contributed by atoms with Crippen LogP contribution in [0.1, 0.15) is 101 Å². The lowest BCUT2D eigenvalue weighted by Crippen LogP contribution is -2.03. The molecule has 3 nitrogen and oxygen atoms in total. The number of hydrogen-bond acceptors (Lipinski definition) is 3. The largest absolute Gasteiger partial charge is 0.257 e. The van der Waals surface area contributed by atoms with Gasteiger partial charge in [0, 0.05) is 17.8 Å². The Morgan fingerprint density at radius 1 is 0.839 bits per heavy atom. The number of para-hydroxylation sites is 1. The maximum Gasteiger partial charge on any atom is 0.0991 e. The highest BCUT2D eigenvalue weighted by Crippen LogP contribution is 2.35. The summed E-state index contributed by atoms with van der Waals surface area (Å²) in [6, 6.07) is 12.8. The third-order valence-electron chi connectivity index (χ3n) is 5.62. The molecular formula is C28H37N3. The molecule has 0 atom stereocenters. The zero-order valence-corrected chi connectivity index (χ0v) is 20.5. The molecule has 0 heterocycles. The molecule has 0 N–H and O–H groups in total. The van der Waals surface area contributed by atoms with E-state index in [9.17, 15) is 5.26 Å². The van der Waals surface area contributed by atoms with Gasteiger partial charge in [-0.3, -0.25) is 9.98 Å². The molecule has 2 aromatic carbocycles. The van der Waals surface area contributed by atoms with Gasteiger partial charge < -0.3 is 0 Å². The highest BCUT2D eigenvalue weighted by atomic mass is 14.8. The van der Waals surface area contributed by atoms with Crippen molar-refractivity contribution in [3.63, 3.8) is 0 Å². The van der Waals surface area contributed by atoms with Gasteiger partial charge in [-0.1, -0.05) is 59.7 Å². The Hall–Kier alpha value is -2.73. The van der Waals surface area contributed by atoms with Crippen LogP contribution in [0.4, 0.5) is 11.4 Å². The Morgan fingerprint density at radius 2 is 1.29 bits per heavy atom. The molecule has 2 aromatic rings. The minimum absolute atomic E-state index is 0.429. The van der Waals surface area contributed by atoms with Gasteiger partial charge in [-0.25, -0.2) is 0 Å². The topological polar surface area (TPSA) is 48.5 Å². The van der Waals surface area contributed by atoms with Gasteiger partial charge in [-0.2, -0.15) is 5.26 Å². The van der Waals surface area contributed by atoms with Crippen molar-refractivity contribution in [1.82, 2.24) is 0 Å². The molecule has 31 heavy (non-hydrogen) atoms. The summed E-state index contributed by atoms with van der Waals surface area (Å²) < 4.78 is 0. The molecule has 0 aliphatic heterocycles. The van der Waals surface area contributed by atoms with E-state index in [1.807, 2.05) is 12.1 Å². The number of aliphatic imine (C=N–C) groups is 2. The van der Waals surface area contributed by atoms with Crippen molar-refractivity contribution in [2.75, 3.05) is 0 Å². The minimum atomic E-state index is 0.429. The van der Waals surface area contributed by atoms with Crippen LogP contribution in [0.3, 0.4) is 0 Å². The third-order valence-corrected chi connectivity index (χ3v) is 5.62. The Morgan fingerprint density at radius 3 is 1.68 bits per heavy atom. The van der Waals surface area contributed by atoms with Crippen molar-refractivity contribution < 1.29 is 0 Å². The van der Waals surface area contributed by atoms with Crippen LogP contribution in [0.15, 0.2) is 40.3 Å². The van der Waals surface area contributed by atoms with Gasteiger partial charge in [0.05, 0.1) is 23.0 Å². The first-order valence-electron chi connectivity index (χ1n) is 11.5. The molecule has 2 rings (SSSR count). The van der Waals surface area contributed by atoms with E-state index in [2.05, 4.69) is 79.7 Å². The summed E-state index contributed by atoms with van der Waals surface area (Å²) in [7, 11) is 0. The molecule has 0 fully saturated rings. The molecule has 0 aliphatic rings. The van der Waals surface area contributed by atoms with Crippen molar-refractivity contribution in [1.29, 1.82) is 5.26 Å². The van der Waals surface area contributed by atoms with E-state index in [-0.39, 0.29) is 0 Å². The Labute approximate surface area is 189 Å². The first kappa shape index (κ1) is 24.5. The van der Waals surface area contributed by atoms with Crippen molar-refractivity contribution in [3.8, 4) is 6.07 Å². The van der Waals surface area contributed by atoms with Crippen LogP contribution >= 0.6 is 0 Å². The Balaban J connectivity index is 2.44. The number of rotatable bonds is 8. The van der Waals surface area contributed by atoms with Crippen LogP contribution in [-0.2, 0) is 12.8 Å². The van der Waals surface area contributed by atoms with Crippen molar-refractivity contribution in [3.05, 3.63) is 58.1 Å². The van der Waals surface area contributed by atoms with Crippen molar-refractivity contribution in [2.24, 2.45) is 9.98 Å². The summed E-state index contributed by atoms with van der Waals surface area (Å²) in [5, 5.41) is 9.33. The fourth-order valence-electron chi connectivity index (χ4n) is 3.98. The second kappa shape index (κ2) is 11.0. The highest BCUT2D eigenvalue weighted by molar-refractivity contribution is 6.04. The SMILES string of the molecule is CCc1cc(C#N)cc(CC)c1N=C(C)CC(C)=Nc1c(C(C)C)cccc1C(C)C. The smallest absolute Gasteiger partial charge is 0.0991 e. The van der Waals surface area contributed by atoms with E-state index in [4.69, 9.17) is 9.98 Å². The fourth-order valence-corrected chi connectivity index (χ4v) is 3.98. The zero-order chi connectivity index (χ0) is 23.1. The van der Waals surface area contributed by atoms with Crippen LogP contribution in [0.25, 0.3) is 0 Å². The molecule has 0 saturated heterocycles. The zero-order valence-electron chi connectivity index (χ0n) is 20.5. The lowest BCUT2D eigenvalue weighted by Gasteiger charge is -2.17. The Kier molecular flexibility index (Phi) is 8.75. The lowest BCUT2D eigenvalue weighted by atomic mass is 9.93. The maximum absolute atomic E-state index is 9.33. The van der Waals surface area contributed by atoms with Crippen LogP contribution in [0, 0.1) is 11.3 Å². The maximum atomic E-state index is 9.33. The summed E-state index contributed by atoms with van der Waals surface area (Å²) in [6.45, 7) is 17.3. The molecule has 0 aromatic heterocycles. The second-order valence-electron chi connectivity index (χ2n) is 8.93. The highest BCUT2D eigenvalue weighted by Gasteiger charge is 2.14. The van der Waals surface area contributed by atoms with Gasteiger partial charge in [0.25, 0.3) is 0 Å². The standard InChI is InChI=1S/C28H37N3/c1-9-23-15-22(17-29)16-24(10-2)27(23)30-20(7)14-21(8)31-28-25(18(3)4)12-11-13-26(28)19(5)6/h11-13,15-16,18-19H,9-10,14H2,1-8H3. The molecule has 3 heteroatoms. The van der Waals surface area contributed by atoms with Crippen molar-refractivity contribution in [2.45, 2.75) is 86.5 Å². The van der Waals surface area contributed by atoms with E-state index in [1.165, 1.54) is 11.1 Å². The first-order chi connectivity index (χ1) is 14.7. The van der Waals surface area contributed by atoms with Gasteiger partial charge >= 0.3 is 0 Å². The quantitative estimate of drug-likeness (QED) is 0.401. The average Bonchev–Trinajstić information content (AvgIpc) is 2.73. The summed E-state index contributed by atoms with van der Waals surface area (Å²) in [5.74, 6) is 0.857. The summed E-state index contributed by atoms with van der Waals surface area (Å²) in [5.41, 5.74) is 9.86. The molecule has 0 amide bonds. The average molecular weight is 416 g/mol. The normalized spacial score (nSPS) is 12.5. The monoisotopic (exact) mass is 415 g/mol. The summed E-state index contributed by atoms with van der Waals surface area (Å²) in [4.78, 5) is 10.1. The molecule has 0 saturated carbocycles. The second-order valence-corrected chi connectivity index (χ2v) is 8.93. The van der Waals surface area contributed by atoms with Crippen LogP contribution < -0.4 is 0 Å². The van der Waals surface area contributed by atoms with Gasteiger partial charge in [-0.15, -0.1) is 0 Å². The van der Waals surface area contributed by atoms with Crippen LogP contribution in [0.5, 0.6) is 0 Å². The number of nitrogens with zero attached hydrogens (tertiary/aromatic N) is 3. The molecular weight excluding hydrogens is 378 g/mol. The first-order valence-corrected chi connectivity index (χ1v) is 11.5. The van der Waals surface area contributed by atoms with Gasteiger partial charge in [-0.05, 0) is 72.9 Å².